The van der Waals surface area contributed by atoms with Crippen molar-refractivity contribution in [2.45, 2.75) is 40.2 Å². The SMILES string of the molecule is Cc1cccc([C@@H](NC(=O)CN2CCCOC2=O)C(C)(C)C)c1. The van der Waals surface area contributed by atoms with E-state index in [0.717, 1.165) is 17.5 Å². The Kier molecular flexibility index (Phi) is 5.29. The largest absolute Gasteiger partial charge is 0.449 e. The average molecular weight is 318 g/mol. The van der Waals surface area contributed by atoms with E-state index >= 15 is 0 Å². The molecule has 1 aliphatic rings. The highest BCUT2D eigenvalue weighted by Crippen LogP contribution is 2.33. The van der Waals surface area contributed by atoms with Crippen molar-refractivity contribution < 1.29 is 14.3 Å². The summed E-state index contributed by atoms with van der Waals surface area (Å²) in [6.07, 6.45) is 0.355. The fourth-order valence-electron chi connectivity index (χ4n) is 2.77. The molecule has 1 fully saturated rings. The van der Waals surface area contributed by atoms with E-state index in [-0.39, 0.29) is 23.9 Å². The molecular formula is C18H26N2O3. The molecular weight excluding hydrogens is 292 g/mol. The number of nitrogens with one attached hydrogen (secondary N) is 1. The molecule has 0 spiro atoms. The van der Waals surface area contributed by atoms with Gasteiger partial charge in [-0.2, -0.15) is 0 Å². The van der Waals surface area contributed by atoms with E-state index in [4.69, 9.17) is 4.74 Å². The molecule has 1 atom stereocenters. The molecule has 5 heteroatoms. The zero-order valence-corrected chi connectivity index (χ0v) is 14.4. The molecule has 0 aromatic heterocycles. The molecule has 1 aliphatic heterocycles. The van der Waals surface area contributed by atoms with Gasteiger partial charge in [-0.15, -0.1) is 0 Å². The molecule has 126 valence electrons. The lowest BCUT2D eigenvalue weighted by Crippen LogP contribution is -2.46. The van der Waals surface area contributed by atoms with Crippen LogP contribution in [0.1, 0.15) is 44.4 Å². The Hall–Kier alpha value is -2.04. The Morgan fingerprint density at radius 2 is 2.13 bits per heavy atom. The zero-order chi connectivity index (χ0) is 17.0. The van der Waals surface area contributed by atoms with Crippen LogP contribution in [0.5, 0.6) is 0 Å². The predicted octanol–water partition coefficient (Wildman–Crippen LogP) is 3.04. The molecule has 0 radical (unpaired) electrons. The fourth-order valence-corrected chi connectivity index (χ4v) is 2.77. The van der Waals surface area contributed by atoms with E-state index < -0.39 is 6.09 Å². The molecule has 0 aliphatic carbocycles. The van der Waals surface area contributed by atoms with Crippen molar-refractivity contribution in [3.63, 3.8) is 0 Å². The van der Waals surface area contributed by atoms with Gasteiger partial charge in [0, 0.05) is 6.54 Å². The summed E-state index contributed by atoms with van der Waals surface area (Å²) in [7, 11) is 0. The van der Waals surface area contributed by atoms with Crippen molar-refractivity contribution in [2.75, 3.05) is 19.7 Å². The first-order chi connectivity index (χ1) is 10.8. The van der Waals surface area contributed by atoms with Gasteiger partial charge in [0.05, 0.1) is 12.6 Å². The Morgan fingerprint density at radius 1 is 1.39 bits per heavy atom. The first-order valence-electron chi connectivity index (χ1n) is 8.05. The molecule has 5 nitrogen and oxygen atoms in total. The fraction of sp³-hybridized carbons (Fsp3) is 0.556. The summed E-state index contributed by atoms with van der Waals surface area (Å²) in [5.41, 5.74) is 2.10. The van der Waals surface area contributed by atoms with Crippen LogP contribution in [-0.4, -0.2) is 36.6 Å². The van der Waals surface area contributed by atoms with E-state index in [1.54, 1.807) is 0 Å². The molecule has 2 amide bonds. The number of benzene rings is 1. The molecule has 0 bridgehead atoms. The van der Waals surface area contributed by atoms with Crippen molar-refractivity contribution in [1.29, 1.82) is 0 Å². The summed E-state index contributed by atoms with van der Waals surface area (Å²) in [4.78, 5) is 25.5. The third-order valence-corrected chi connectivity index (χ3v) is 3.94. The van der Waals surface area contributed by atoms with Crippen LogP contribution in [0.4, 0.5) is 4.79 Å². The van der Waals surface area contributed by atoms with Crippen LogP contribution in [0, 0.1) is 12.3 Å². The van der Waals surface area contributed by atoms with Gasteiger partial charge in [0.15, 0.2) is 0 Å². The third-order valence-electron chi connectivity index (χ3n) is 3.94. The minimum atomic E-state index is -0.408. The van der Waals surface area contributed by atoms with Crippen LogP contribution in [0.2, 0.25) is 0 Å². The molecule has 23 heavy (non-hydrogen) atoms. The van der Waals surface area contributed by atoms with Crippen LogP contribution in [0.15, 0.2) is 24.3 Å². The van der Waals surface area contributed by atoms with Crippen molar-refractivity contribution in [2.24, 2.45) is 5.41 Å². The maximum Gasteiger partial charge on any atom is 0.410 e. The second kappa shape index (κ2) is 7.02. The van der Waals surface area contributed by atoms with Gasteiger partial charge in [-0.25, -0.2) is 4.79 Å². The second-order valence-electron chi connectivity index (χ2n) is 7.17. The number of nitrogens with zero attached hydrogens (tertiary/aromatic N) is 1. The van der Waals surface area contributed by atoms with Gasteiger partial charge in [-0.1, -0.05) is 50.6 Å². The number of amides is 2. The van der Waals surface area contributed by atoms with Gasteiger partial charge in [0.1, 0.15) is 6.54 Å². The third kappa shape index (κ3) is 4.71. The number of carbonyl (C=O) groups is 2. The zero-order valence-electron chi connectivity index (χ0n) is 14.4. The predicted molar refractivity (Wildman–Crippen MR) is 89.1 cm³/mol. The van der Waals surface area contributed by atoms with E-state index in [2.05, 4.69) is 32.2 Å². The second-order valence-corrected chi connectivity index (χ2v) is 7.17. The number of carbonyl (C=O) groups excluding carboxylic acids is 2. The molecule has 1 N–H and O–H groups in total. The summed E-state index contributed by atoms with van der Waals surface area (Å²) in [5.74, 6) is -0.162. The molecule has 1 saturated heterocycles. The van der Waals surface area contributed by atoms with Gasteiger partial charge < -0.3 is 10.1 Å². The smallest absolute Gasteiger partial charge is 0.410 e. The standard InChI is InChI=1S/C18H26N2O3/c1-13-7-5-8-14(11-13)16(18(2,3)4)19-15(21)12-20-9-6-10-23-17(20)22/h5,7-8,11,16H,6,9-10,12H2,1-4H3,(H,19,21)/t16-/m1/s1. The topological polar surface area (TPSA) is 58.6 Å². The maximum atomic E-state index is 12.4. The Morgan fingerprint density at radius 3 is 2.74 bits per heavy atom. The van der Waals surface area contributed by atoms with Gasteiger partial charge in [0.2, 0.25) is 5.91 Å². The maximum absolute atomic E-state index is 12.4. The Bertz CT molecular complexity index is 578. The number of ether oxygens (including phenoxy) is 1. The van der Waals surface area contributed by atoms with Crippen LogP contribution in [0.3, 0.4) is 0 Å². The van der Waals surface area contributed by atoms with E-state index in [9.17, 15) is 9.59 Å². The van der Waals surface area contributed by atoms with Gasteiger partial charge in [-0.3, -0.25) is 9.69 Å². The van der Waals surface area contributed by atoms with Crippen molar-refractivity contribution in [3.05, 3.63) is 35.4 Å². The molecule has 1 heterocycles. The lowest BCUT2D eigenvalue weighted by molar-refractivity contribution is -0.123. The van der Waals surface area contributed by atoms with Crippen molar-refractivity contribution >= 4 is 12.0 Å². The minimum Gasteiger partial charge on any atom is -0.449 e. The minimum absolute atomic E-state index is 0.0389. The van der Waals surface area contributed by atoms with Crippen LogP contribution >= 0.6 is 0 Å². The number of cyclic esters (lactones) is 1. The number of rotatable bonds is 4. The van der Waals surface area contributed by atoms with Gasteiger partial charge >= 0.3 is 6.09 Å². The highest BCUT2D eigenvalue weighted by molar-refractivity contribution is 5.82. The molecule has 1 aromatic carbocycles. The first-order valence-corrected chi connectivity index (χ1v) is 8.05. The average Bonchev–Trinajstić information content (AvgIpc) is 2.46. The first kappa shape index (κ1) is 17.3. The van der Waals surface area contributed by atoms with Gasteiger partial charge in [0.25, 0.3) is 0 Å². The number of hydrogen-bond donors (Lipinski definition) is 1. The monoisotopic (exact) mass is 318 g/mol. The molecule has 1 aromatic rings. The number of hydrogen-bond acceptors (Lipinski definition) is 3. The van der Waals surface area contributed by atoms with E-state index in [1.165, 1.54) is 4.90 Å². The summed E-state index contributed by atoms with van der Waals surface area (Å²) in [6, 6.07) is 8.03. The van der Waals surface area contributed by atoms with E-state index in [0.29, 0.717) is 13.2 Å². The highest BCUT2D eigenvalue weighted by atomic mass is 16.6. The van der Waals surface area contributed by atoms with Crippen LogP contribution in [-0.2, 0) is 9.53 Å². The van der Waals surface area contributed by atoms with Crippen molar-refractivity contribution in [1.82, 2.24) is 10.2 Å². The lowest BCUT2D eigenvalue weighted by atomic mass is 9.82. The Labute approximate surface area is 138 Å². The summed E-state index contributed by atoms with van der Waals surface area (Å²) < 4.78 is 4.97. The Balaban J connectivity index is 2.09. The van der Waals surface area contributed by atoms with Crippen molar-refractivity contribution in [3.8, 4) is 0 Å². The molecule has 0 saturated carbocycles. The normalized spacial score (nSPS) is 16.7. The van der Waals surface area contributed by atoms with Gasteiger partial charge in [-0.05, 0) is 24.3 Å². The summed E-state index contributed by atoms with van der Waals surface area (Å²) in [6.45, 7) is 9.36. The highest BCUT2D eigenvalue weighted by Gasteiger charge is 2.29. The molecule has 0 unspecified atom stereocenters. The molecule has 2 rings (SSSR count). The quantitative estimate of drug-likeness (QED) is 0.928. The van der Waals surface area contributed by atoms with Crippen LogP contribution < -0.4 is 5.32 Å². The lowest BCUT2D eigenvalue weighted by Gasteiger charge is -2.33. The summed E-state index contributed by atoms with van der Waals surface area (Å²) >= 11 is 0. The van der Waals surface area contributed by atoms with Crippen LogP contribution in [0.25, 0.3) is 0 Å². The summed E-state index contributed by atoms with van der Waals surface area (Å²) in [5, 5.41) is 3.08. The van der Waals surface area contributed by atoms with E-state index in [1.807, 2.05) is 25.1 Å². The number of aryl methyl sites for hydroxylation is 1.